The Morgan fingerprint density at radius 1 is 1.17 bits per heavy atom. The van der Waals surface area contributed by atoms with Gasteiger partial charge in [-0.25, -0.2) is 0 Å². The molecule has 8 nitrogen and oxygen atoms in total. The van der Waals surface area contributed by atoms with Crippen LogP contribution in [0.5, 0.6) is 11.5 Å². The summed E-state index contributed by atoms with van der Waals surface area (Å²) in [4.78, 5) is 12.5. The van der Waals surface area contributed by atoms with Gasteiger partial charge in [-0.1, -0.05) is 23.9 Å². The second-order valence-electron chi connectivity index (χ2n) is 5.88. The average molecular weight is 410 g/mol. The van der Waals surface area contributed by atoms with Crippen molar-refractivity contribution in [2.24, 2.45) is 0 Å². The number of hydrogen-bond acceptors (Lipinski definition) is 8. The largest absolute Gasteiger partial charge is 0.497 e. The molecule has 1 aromatic heterocycles. The number of carbonyl (C=O) groups excluding carboxylic acids is 1. The topological polar surface area (TPSA) is 110 Å². The molecule has 0 bridgehead atoms. The lowest BCUT2D eigenvalue weighted by atomic mass is 10.2. The smallest absolute Gasteiger partial charge is 0.277 e. The number of nitrogens with one attached hydrogen (secondary N) is 1. The van der Waals surface area contributed by atoms with Crippen molar-refractivity contribution >= 4 is 23.4 Å². The maximum atomic E-state index is 12.5. The van der Waals surface area contributed by atoms with E-state index in [0.29, 0.717) is 28.3 Å². The monoisotopic (exact) mass is 410 g/mol. The number of amides is 1. The predicted molar refractivity (Wildman–Crippen MR) is 108 cm³/mol. The second-order valence-corrected chi connectivity index (χ2v) is 7.17. The van der Waals surface area contributed by atoms with Crippen molar-refractivity contribution in [2.75, 3.05) is 19.5 Å². The van der Waals surface area contributed by atoms with Crippen molar-refractivity contribution in [1.82, 2.24) is 10.2 Å². The van der Waals surface area contributed by atoms with Crippen LogP contribution in [0.15, 0.2) is 52.1 Å². The van der Waals surface area contributed by atoms with Crippen LogP contribution in [0.3, 0.4) is 0 Å². The first-order valence-corrected chi connectivity index (χ1v) is 9.45. The molecule has 0 unspecified atom stereocenters. The van der Waals surface area contributed by atoms with Gasteiger partial charge in [0, 0.05) is 11.6 Å². The Morgan fingerprint density at radius 3 is 2.52 bits per heavy atom. The van der Waals surface area contributed by atoms with Gasteiger partial charge in [-0.3, -0.25) is 4.79 Å². The number of methoxy groups -OCH3 is 2. The molecule has 0 spiro atoms. The molecule has 3 rings (SSSR count). The first-order chi connectivity index (χ1) is 14.0. The maximum absolute atomic E-state index is 12.5. The van der Waals surface area contributed by atoms with Crippen molar-refractivity contribution < 1.29 is 18.7 Å². The molecular weight excluding hydrogens is 392 g/mol. The molecular formula is C20H18N4O4S. The minimum atomic E-state index is -0.519. The number of carbonyl (C=O) groups is 1. The first kappa shape index (κ1) is 20.2. The Kier molecular flexibility index (Phi) is 6.36. The summed E-state index contributed by atoms with van der Waals surface area (Å²) in [5.41, 5.74) is 1.49. The standard InChI is InChI=1S/C20H18N4O4S/c1-12(18(25)22-17-7-5-4-6-13(17)11-21)29-20-24-23-19(28-20)14-8-15(26-2)10-16(9-14)27-3/h4-10,12H,1-3H3,(H,22,25)/t12-/m0/s1. The van der Waals surface area contributed by atoms with Gasteiger partial charge in [-0.05, 0) is 31.2 Å². The van der Waals surface area contributed by atoms with E-state index < -0.39 is 5.25 Å². The number of aromatic nitrogens is 2. The zero-order valence-corrected chi connectivity index (χ0v) is 16.8. The predicted octanol–water partition coefficient (Wildman–Crippen LogP) is 3.74. The molecule has 1 atom stereocenters. The van der Waals surface area contributed by atoms with Gasteiger partial charge in [-0.2, -0.15) is 5.26 Å². The van der Waals surface area contributed by atoms with Gasteiger partial charge in [-0.15, -0.1) is 10.2 Å². The summed E-state index contributed by atoms with van der Waals surface area (Å²) in [6, 6.07) is 14.1. The number of rotatable bonds is 7. The molecule has 0 radical (unpaired) electrons. The number of ether oxygens (including phenoxy) is 2. The number of hydrogen-bond donors (Lipinski definition) is 1. The molecule has 0 aliphatic carbocycles. The SMILES string of the molecule is COc1cc(OC)cc(-c2nnc(S[C@@H](C)C(=O)Nc3ccccc3C#N)o2)c1. The summed E-state index contributed by atoms with van der Waals surface area (Å²) in [5, 5.41) is 19.6. The van der Waals surface area contributed by atoms with Gasteiger partial charge >= 0.3 is 0 Å². The van der Waals surface area contributed by atoms with Crippen LogP contribution in [0.2, 0.25) is 0 Å². The van der Waals surface area contributed by atoms with E-state index in [4.69, 9.17) is 19.2 Å². The molecule has 29 heavy (non-hydrogen) atoms. The highest BCUT2D eigenvalue weighted by Crippen LogP contribution is 2.31. The van der Waals surface area contributed by atoms with E-state index in [1.165, 1.54) is 0 Å². The quantitative estimate of drug-likeness (QED) is 0.587. The Bertz CT molecular complexity index is 1040. The molecule has 1 amide bonds. The Labute approximate surface area is 171 Å². The molecule has 9 heteroatoms. The number of nitrogens with zero attached hydrogens (tertiary/aromatic N) is 3. The third kappa shape index (κ3) is 4.86. The van der Waals surface area contributed by atoms with Crippen LogP contribution in [0.4, 0.5) is 5.69 Å². The van der Waals surface area contributed by atoms with E-state index in [9.17, 15) is 4.79 Å². The van der Waals surface area contributed by atoms with Crippen LogP contribution in [0.25, 0.3) is 11.5 Å². The molecule has 0 fully saturated rings. The molecule has 148 valence electrons. The van der Waals surface area contributed by atoms with Gasteiger partial charge in [0.15, 0.2) is 0 Å². The summed E-state index contributed by atoms with van der Waals surface area (Å²) in [5.74, 6) is 1.19. The summed E-state index contributed by atoms with van der Waals surface area (Å²) in [6.07, 6.45) is 0. The van der Waals surface area contributed by atoms with Crippen LogP contribution in [0, 0.1) is 11.3 Å². The fraction of sp³-hybridized carbons (Fsp3) is 0.200. The number of nitriles is 1. The second kappa shape index (κ2) is 9.12. The van der Waals surface area contributed by atoms with E-state index in [1.807, 2.05) is 6.07 Å². The van der Waals surface area contributed by atoms with Gasteiger partial charge in [0.2, 0.25) is 11.8 Å². The maximum Gasteiger partial charge on any atom is 0.277 e. The minimum absolute atomic E-state index is 0.248. The average Bonchev–Trinajstić information content (AvgIpc) is 3.22. The molecule has 0 saturated carbocycles. The van der Waals surface area contributed by atoms with Crippen LogP contribution >= 0.6 is 11.8 Å². The first-order valence-electron chi connectivity index (χ1n) is 8.57. The summed E-state index contributed by atoms with van der Waals surface area (Å²) in [6.45, 7) is 1.72. The van der Waals surface area contributed by atoms with Crippen LogP contribution in [-0.2, 0) is 4.79 Å². The summed E-state index contributed by atoms with van der Waals surface area (Å²) in [7, 11) is 3.11. The highest BCUT2D eigenvalue weighted by Gasteiger charge is 2.20. The molecule has 0 saturated heterocycles. The number of para-hydroxylation sites is 1. The van der Waals surface area contributed by atoms with Crippen molar-refractivity contribution in [3.8, 4) is 29.0 Å². The minimum Gasteiger partial charge on any atom is -0.497 e. The van der Waals surface area contributed by atoms with Gasteiger partial charge in [0.05, 0.1) is 30.7 Å². The summed E-state index contributed by atoms with van der Waals surface area (Å²) >= 11 is 1.12. The zero-order chi connectivity index (χ0) is 20.8. The number of anilines is 1. The number of benzene rings is 2. The highest BCUT2D eigenvalue weighted by molar-refractivity contribution is 8.00. The Balaban J connectivity index is 1.71. The molecule has 2 aromatic carbocycles. The van der Waals surface area contributed by atoms with Crippen molar-refractivity contribution in [1.29, 1.82) is 5.26 Å². The fourth-order valence-corrected chi connectivity index (χ4v) is 3.12. The van der Waals surface area contributed by atoms with Crippen LogP contribution in [-0.4, -0.2) is 35.6 Å². The third-order valence-electron chi connectivity index (χ3n) is 3.96. The molecule has 0 aliphatic heterocycles. The van der Waals surface area contributed by atoms with Gasteiger partial charge in [0.1, 0.15) is 17.6 Å². The number of thioether (sulfide) groups is 1. The van der Waals surface area contributed by atoms with E-state index in [1.54, 1.807) is 63.6 Å². The van der Waals surface area contributed by atoms with Crippen LogP contribution in [0.1, 0.15) is 12.5 Å². The normalized spacial score (nSPS) is 11.4. The lowest BCUT2D eigenvalue weighted by molar-refractivity contribution is -0.115. The van der Waals surface area contributed by atoms with E-state index in [0.717, 1.165) is 11.8 Å². The summed E-state index contributed by atoms with van der Waals surface area (Å²) < 4.78 is 16.2. The lowest BCUT2D eigenvalue weighted by Gasteiger charge is -2.10. The molecule has 3 aromatic rings. The van der Waals surface area contributed by atoms with Crippen molar-refractivity contribution in [2.45, 2.75) is 17.4 Å². The third-order valence-corrected chi connectivity index (χ3v) is 4.89. The van der Waals surface area contributed by atoms with E-state index in [2.05, 4.69) is 15.5 Å². The van der Waals surface area contributed by atoms with Crippen molar-refractivity contribution in [3.05, 3.63) is 48.0 Å². The lowest BCUT2D eigenvalue weighted by Crippen LogP contribution is -2.22. The molecule has 1 N–H and O–H groups in total. The zero-order valence-electron chi connectivity index (χ0n) is 16.0. The van der Waals surface area contributed by atoms with Gasteiger partial charge < -0.3 is 19.2 Å². The highest BCUT2D eigenvalue weighted by atomic mass is 32.2. The molecule has 1 heterocycles. The van der Waals surface area contributed by atoms with Crippen LogP contribution < -0.4 is 14.8 Å². The van der Waals surface area contributed by atoms with Gasteiger partial charge in [0.25, 0.3) is 5.22 Å². The Morgan fingerprint density at radius 2 is 1.86 bits per heavy atom. The fourth-order valence-electron chi connectivity index (χ4n) is 2.43. The van der Waals surface area contributed by atoms with E-state index in [-0.39, 0.29) is 17.0 Å². The molecule has 0 aliphatic rings. The van der Waals surface area contributed by atoms with E-state index >= 15 is 0 Å². The Hall–Kier alpha value is -3.51. The van der Waals surface area contributed by atoms with Crippen molar-refractivity contribution in [3.63, 3.8) is 0 Å².